The van der Waals surface area contributed by atoms with Crippen LogP contribution in [0.3, 0.4) is 0 Å². The molecule has 0 aromatic heterocycles. The maximum absolute atomic E-state index is 11.9. The molecule has 0 spiro atoms. The average molecular weight is 276 g/mol. The number of amides is 1. The van der Waals surface area contributed by atoms with Crippen LogP contribution in [-0.2, 0) is 11.3 Å². The van der Waals surface area contributed by atoms with Crippen LogP contribution in [0, 0.1) is 5.92 Å². The van der Waals surface area contributed by atoms with E-state index in [9.17, 15) is 4.79 Å². The third kappa shape index (κ3) is 4.23. The highest BCUT2D eigenvalue weighted by atomic mass is 16.5. The van der Waals surface area contributed by atoms with Gasteiger partial charge < -0.3 is 15.8 Å². The molecular weight excluding hydrogens is 252 g/mol. The monoisotopic (exact) mass is 276 g/mol. The smallest absolute Gasteiger partial charge is 0.258 e. The predicted octanol–water partition coefficient (Wildman–Crippen LogP) is 2.22. The first-order valence-electron chi connectivity index (χ1n) is 7.40. The van der Waals surface area contributed by atoms with Crippen molar-refractivity contribution in [1.82, 2.24) is 5.32 Å². The first-order chi connectivity index (χ1) is 9.69. The van der Waals surface area contributed by atoms with Crippen molar-refractivity contribution >= 4 is 5.91 Å². The molecule has 1 aromatic rings. The predicted molar refractivity (Wildman–Crippen MR) is 79.4 cm³/mol. The summed E-state index contributed by atoms with van der Waals surface area (Å²) in [5.74, 6) is 1.22. The zero-order valence-electron chi connectivity index (χ0n) is 12.1. The lowest BCUT2D eigenvalue weighted by molar-refractivity contribution is -0.124. The fourth-order valence-corrected chi connectivity index (χ4v) is 2.69. The SMILES string of the molecule is CC1CCCCC1NC(=O)COc1cccc(CN)c1. The lowest BCUT2D eigenvalue weighted by Crippen LogP contribution is -2.43. The highest BCUT2D eigenvalue weighted by Crippen LogP contribution is 2.23. The van der Waals surface area contributed by atoms with Crippen LogP contribution in [0.4, 0.5) is 0 Å². The van der Waals surface area contributed by atoms with Gasteiger partial charge in [-0.3, -0.25) is 4.79 Å². The molecule has 2 rings (SSSR count). The zero-order valence-corrected chi connectivity index (χ0v) is 12.1. The molecule has 4 heteroatoms. The summed E-state index contributed by atoms with van der Waals surface area (Å²) in [5, 5.41) is 3.08. The second kappa shape index (κ2) is 7.29. The topological polar surface area (TPSA) is 64.3 Å². The molecule has 1 aromatic carbocycles. The van der Waals surface area contributed by atoms with E-state index in [4.69, 9.17) is 10.5 Å². The summed E-state index contributed by atoms with van der Waals surface area (Å²) in [7, 11) is 0. The Bertz CT molecular complexity index is 448. The Morgan fingerprint density at radius 2 is 2.20 bits per heavy atom. The van der Waals surface area contributed by atoms with Crippen LogP contribution in [-0.4, -0.2) is 18.6 Å². The normalized spacial score (nSPS) is 22.3. The number of nitrogens with two attached hydrogens (primary N) is 1. The van der Waals surface area contributed by atoms with Gasteiger partial charge in [0.1, 0.15) is 5.75 Å². The largest absolute Gasteiger partial charge is 0.484 e. The molecule has 0 saturated heterocycles. The third-order valence-electron chi connectivity index (χ3n) is 3.96. The summed E-state index contributed by atoms with van der Waals surface area (Å²) in [6.45, 7) is 2.75. The first kappa shape index (κ1) is 14.9. The lowest BCUT2D eigenvalue weighted by atomic mass is 9.86. The van der Waals surface area contributed by atoms with Crippen molar-refractivity contribution < 1.29 is 9.53 Å². The Hall–Kier alpha value is -1.55. The zero-order chi connectivity index (χ0) is 14.4. The van der Waals surface area contributed by atoms with E-state index >= 15 is 0 Å². The van der Waals surface area contributed by atoms with Crippen LogP contribution in [0.2, 0.25) is 0 Å². The van der Waals surface area contributed by atoms with Crippen LogP contribution in [0.25, 0.3) is 0 Å². The molecular formula is C16H24N2O2. The van der Waals surface area contributed by atoms with Gasteiger partial charge >= 0.3 is 0 Å². The standard InChI is InChI=1S/C16H24N2O2/c1-12-5-2-3-8-15(12)18-16(19)11-20-14-7-4-6-13(9-14)10-17/h4,6-7,9,12,15H,2-3,5,8,10-11,17H2,1H3,(H,18,19). The number of ether oxygens (including phenoxy) is 1. The summed E-state index contributed by atoms with van der Waals surface area (Å²) in [4.78, 5) is 11.9. The fourth-order valence-electron chi connectivity index (χ4n) is 2.69. The van der Waals surface area contributed by atoms with Gasteiger partial charge in [-0.15, -0.1) is 0 Å². The molecule has 1 aliphatic carbocycles. The average Bonchev–Trinajstić information content (AvgIpc) is 2.48. The lowest BCUT2D eigenvalue weighted by Gasteiger charge is -2.29. The van der Waals surface area contributed by atoms with Gasteiger partial charge in [-0.05, 0) is 36.5 Å². The second-order valence-corrected chi connectivity index (χ2v) is 5.58. The van der Waals surface area contributed by atoms with E-state index in [0.717, 1.165) is 12.0 Å². The first-order valence-corrected chi connectivity index (χ1v) is 7.40. The van der Waals surface area contributed by atoms with Crippen molar-refractivity contribution in [2.24, 2.45) is 11.7 Å². The van der Waals surface area contributed by atoms with Gasteiger partial charge in [0.05, 0.1) is 0 Å². The molecule has 20 heavy (non-hydrogen) atoms. The Labute approximate surface area is 120 Å². The molecule has 0 heterocycles. The van der Waals surface area contributed by atoms with E-state index in [0.29, 0.717) is 24.3 Å². The molecule has 3 N–H and O–H groups in total. The van der Waals surface area contributed by atoms with Crippen LogP contribution < -0.4 is 15.8 Å². The molecule has 0 radical (unpaired) electrons. The molecule has 1 saturated carbocycles. The maximum atomic E-state index is 11.9. The minimum Gasteiger partial charge on any atom is -0.484 e. The van der Waals surface area contributed by atoms with Gasteiger partial charge in [0, 0.05) is 12.6 Å². The number of benzene rings is 1. The van der Waals surface area contributed by atoms with Crippen molar-refractivity contribution in [1.29, 1.82) is 0 Å². The van der Waals surface area contributed by atoms with Crippen molar-refractivity contribution in [3.05, 3.63) is 29.8 Å². The third-order valence-corrected chi connectivity index (χ3v) is 3.96. The van der Waals surface area contributed by atoms with E-state index in [1.807, 2.05) is 24.3 Å². The minimum absolute atomic E-state index is 0.0399. The van der Waals surface area contributed by atoms with Crippen molar-refractivity contribution in [2.75, 3.05) is 6.61 Å². The number of carbonyl (C=O) groups excluding carboxylic acids is 1. The van der Waals surface area contributed by atoms with Crippen LogP contribution >= 0.6 is 0 Å². The minimum atomic E-state index is -0.0399. The quantitative estimate of drug-likeness (QED) is 0.866. The molecule has 2 atom stereocenters. The Kier molecular flexibility index (Phi) is 5.41. The summed E-state index contributed by atoms with van der Waals surface area (Å²) >= 11 is 0. The molecule has 0 aliphatic heterocycles. The number of rotatable bonds is 5. The number of carbonyl (C=O) groups is 1. The molecule has 1 fully saturated rings. The van der Waals surface area contributed by atoms with Gasteiger partial charge in [-0.25, -0.2) is 0 Å². The van der Waals surface area contributed by atoms with E-state index in [-0.39, 0.29) is 12.5 Å². The van der Waals surface area contributed by atoms with Crippen molar-refractivity contribution in [3.8, 4) is 5.75 Å². The van der Waals surface area contributed by atoms with Gasteiger partial charge in [-0.1, -0.05) is 31.9 Å². The number of hydrogen-bond donors (Lipinski definition) is 2. The van der Waals surface area contributed by atoms with Crippen LogP contribution in [0.5, 0.6) is 5.75 Å². The molecule has 1 aliphatic rings. The highest BCUT2D eigenvalue weighted by Gasteiger charge is 2.22. The molecule has 4 nitrogen and oxygen atoms in total. The van der Waals surface area contributed by atoms with Gasteiger partial charge in [0.25, 0.3) is 5.91 Å². The maximum Gasteiger partial charge on any atom is 0.258 e. The molecule has 0 bridgehead atoms. The Balaban J connectivity index is 1.79. The molecule has 1 amide bonds. The van der Waals surface area contributed by atoms with Gasteiger partial charge in [0.15, 0.2) is 6.61 Å². The number of hydrogen-bond acceptors (Lipinski definition) is 3. The van der Waals surface area contributed by atoms with Crippen molar-refractivity contribution in [2.45, 2.75) is 45.2 Å². The van der Waals surface area contributed by atoms with E-state index in [2.05, 4.69) is 12.2 Å². The van der Waals surface area contributed by atoms with E-state index in [1.165, 1.54) is 19.3 Å². The van der Waals surface area contributed by atoms with E-state index in [1.54, 1.807) is 0 Å². The van der Waals surface area contributed by atoms with Gasteiger partial charge in [-0.2, -0.15) is 0 Å². The van der Waals surface area contributed by atoms with E-state index < -0.39 is 0 Å². The highest BCUT2D eigenvalue weighted by molar-refractivity contribution is 5.77. The van der Waals surface area contributed by atoms with Crippen LogP contribution in [0.15, 0.2) is 24.3 Å². The Morgan fingerprint density at radius 3 is 2.95 bits per heavy atom. The fraction of sp³-hybridized carbons (Fsp3) is 0.562. The summed E-state index contributed by atoms with van der Waals surface area (Å²) in [6, 6.07) is 7.84. The van der Waals surface area contributed by atoms with Crippen LogP contribution in [0.1, 0.15) is 38.2 Å². The summed E-state index contributed by atoms with van der Waals surface area (Å²) in [5.41, 5.74) is 6.58. The molecule has 110 valence electrons. The molecule has 2 unspecified atom stereocenters. The summed E-state index contributed by atoms with van der Waals surface area (Å²) in [6.07, 6.45) is 4.75. The summed E-state index contributed by atoms with van der Waals surface area (Å²) < 4.78 is 5.52. The Morgan fingerprint density at radius 1 is 1.40 bits per heavy atom. The van der Waals surface area contributed by atoms with Gasteiger partial charge in [0.2, 0.25) is 0 Å². The second-order valence-electron chi connectivity index (χ2n) is 5.58. The number of nitrogens with one attached hydrogen (secondary N) is 1. The van der Waals surface area contributed by atoms with Crippen molar-refractivity contribution in [3.63, 3.8) is 0 Å².